The van der Waals surface area contributed by atoms with Crippen LogP contribution in [0.2, 0.25) is 0 Å². The average molecular weight is 254 g/mol. The van der Waals surface area contributed by atoms with Crippen molar-refractivity contribution in [3.05, 3.63) is 35.4 Å². The van der Waals surface area contributed by atoms with E-state index in [9.17, 15) is 8.78 Å². The molecule has 1 N–H and O–H groups in total. The van der Waals surface area contributed by atoms with Gasteiger partial charge < -0.3 is 10.2 Å². The zero-order chi connectivity index (χ0) is 13.0. The van der Waals surface area contributed by atoms with E-state index < -0.39 is 11.6 Å². The van der Waals surface area contributed by atoms with E-state index in [0.717, 1.165) is 25.7 Å². The molecule has 0 aromatic heterocycles. The first-order valence-electron chi connectivity index (χ1n) is 6.49. The van der Waals surface area contributed by atoms with Crippen molar-refractivity contribution in [2.24, 2.45) is 5.92 Å². The molecule has 1 aliphatic heterocycles. The van der Waals surface area contributed by atoms with Crippen LogP contribution in [0, 0.1) is 17.6 Å². The Labute approximate surface area is 107 Å². The Balaban J connectivity index is 1.79. The van der Waals surface area contributed by atoms with Crippen LogP contribution in [0.4, 0.5) is 8.78 Å². The minimum absolute atomic E-state index is 0.393. The lowest BCUT2D eigenvalue weighted by Crippen LogP contribution is -2.37. The van der Waals surface area contributed by atoms with Gasteiger partial charge >= 0.3 is 0 Å². The van der Waals surface area contributed by atoms with E-state index in [4.69, 9.17) is 0 Å². The number of piperidine rings is 1. The molecule has 1 heterocycles. The van der Waals surface area contributed by atoms with Crippen LogP contribution in [0.15, 0.2) is 18.2 Å². The highest BCUT2D eigenvalue weighted by Gasteiger charge is 2.16. The molecule has 1 atom stereocenters. The Kier molecular flexibility index (Phi) is 4.66. The van der Waals surface area contributed by atoms with Crippen molar-refractivity contribution in [2.45, 2.75) is 19.4 Å². The Morgan fingerprint density at radius 3 is 3.00 bits per heavy atom. The summed E-state index contributed by atoms with van der Waals surface area (Å²) in [7, 11) is 2.12. The molecule has 1 aromatic carbocycles. The number of likely N-dealkylation sites (tertiary alicyclic amines) is 1. The number of halogens is 2. The predicted octanol–water partition coefficient (Wildman–Crippen LogP) is 2.40. The van der Waals surface area contributed by atoms with Gasteiger partial charge in [-0.05, 0) is 45.0 Å². The van der Waals surface area contributed by atoms with E-state index in [1.165, 1.54) is 12.8 Å². The average Bonchev–Trinajstić information content (AvgIpc) is 2.35. The monoisotopic (exact) mass is 254 g/mol. The molecule has 0 aliphatic carbocycles. The standard InChI is InChI=1S/C14H20F2N2/c1-18-7-3-4-11(10-18)8-17-9-12-5-2-6-13(15)14(12)16/h2,5-6,11,17H,3-4,7-10H2,1H3. The molecule has 0 amide bonds. The molecule has 4 heteroatoms. The second-order valence-electron chi connectivity index (χ2n) is 5.11. The minimum Gasteiger partial charge on any atom is -0.312 e. The zero-order valence-corrected chi connectivity index (χ0v) is 10.8. The molecule has 100 valence electrons. The molecule has 0 radical (unpaired) electrons. The van der Waals surface area contributed by atoms with Crippen LogP contribution in [0.1, 0.15) is 18.4 Å². The minimum atomic E-state index is -0.772. The fourth-order valence-electron chi connectivity index (χ4n) is 2.54. The maximum absolute atomic E-state index is 13.4. The molecule has 18 heavy (non-hydrogen) atoms. The molecule has 0 bridgehead atoms. The van der Waals surface area contributed by atoms with Crippen LogP contribution in [-0.4, -0.2) is 31.6 Å². The number of hydrogen-bond donors (Lipinski definition) is 1. The summed E-state index contributed by atoms with van der Waals surface area (Å²) in [5.74, 6) is -0.891. The van der Waals surface area contributed by atoms with Gasteiger partial charge in [-0.15, -0.1) is 0 Å². The number of hydrogen-bond acceptors (Lipinski definition) is 2. The number of benzene rings is 1. The van der Waals surface area contributed by atoms with Gasteiger partial charge in [0.1, 0.15) is 0 Å². The quantitative estimate of drug-likeness (QED) is 0.887. The fraction of sp³-hybridized carbons (Fsp3) is 0.571. The van der Waals surface area contributed by atoms with Crippen LogP contribution in [-0.2, 0) is 6.54 Å². The predicted molar refractivity (Wildman–Crippen MR) is 68.3 cm³/mol. The summed E-state index contributed by atoms with van der Waals surface area (Å²) in [6.45, 7) is 3.50. The molecule has 1 aromatic rings. The summed E-state index contributed by atoms with van der Waals surface area (Å²) in [5, 5.41) is 3.23. The third-order valence-electron chi connectivity index (χ3n) is 3.50. The first-order chi connectivity index (χ1) is 8.66. The van der Waals surface area contributed by atoms with Gasteiger partial charge in [-0.1, -0.05) is 12.1 Å². The summed E-state index contributed by atoms with van der Waals surface area (Å²) >= 11 is 0. The molecule has 0 saturated carbocycles. The summed E-state index contributed by atoms with van der Waals surface area (Å²) < 4.78 is 26.4. The lowest BCUT2D eigenvalue weighted by atomic mass is 9.98. The summed E-state index contributed by atoms with van der Waals surface area (Å²) in [6.07, 6.45) is 2.43. The highest BCUT2D eigenvalue weighted by Crippen LogP contribution is 2.15. The maximum Gasteiger partial charge on any atom is 0.163 e. The van der Waals surface area contributed by atoms with Crippen molar-refractivity contribution >= 4 is 0 Å². The third-order valence-corrected chi connectivity index (χ3v) is 3.50. The Bertz CT molecular complexity index is 395. The molecule has 2 rings (SSSR count). The lowest BCUT2D eigenvalue weighted by Gasteiger charge is -2.29. The Morgan fingerprint density at radius 1 is 1.39 bits per heavy atom. The molecule has 1 unspecified atom stereocenters. The largest absolute Gasteiger partial charge is 0.312 e. The fourth-order valence-corrected chi connectivity index (χ4v) is 2.54. The van der Waals surface area contributed by atoms with Gasteiger partial charge in [0.05, 0.1) is 0 Å². The normalized spacial score (nSPS) is 21.2. The molecular formula is C14H20F2N2. The molecule has 1 aliphatic rings. The molecule has 2 nitrogen and oxygen atoms in total. The van der Waals surface area contributed by atoms with E-state index >= 15 is 0 Å². The first-order valence-corrected chi connectivity index (χ1v) is 6.49. The smallest absolute Gasteiger partial charge is 0.163 e. The topological polar surface area (TPSA) is 15.3 Å². The SMILES string of the molecule is CN1CCCC(CNCc2cccc(F)c2F)C1. The molecular weight excluding hydrogens is 234 g/mol. The van der Waals surface area contributed by atoms with Gasteiger partial charge in [0.15, 0.2) is 11.6 Å². The highest BCUT2D eigenvalue weighted by atomic mass is 19.2. The molecule has 0 spiro atoms. The van der Waals surface area contributed by atoms with Crippen LogP contribution in [0.5, 0.6) is 0 Å². The van der Waals surface area contributed by atoms with Gasteiger partial charge in [-0.25, -0.2) is 8.78 Å². The van der Waals surface area contributed by atoms with Gasteiger partial charge in [0.2, 0.25) is 0 Å². The van der Waals surface area contributed by atoms with Gasteiger partial charge in [-0.3, -0.25) is 0 Å². The van der Waals surface area contributed by atoms with E-state index in [-0.39, 0.29) is 0 Å². The van der Waals surface area contributed by atoms with Crippen molar-refractivity contribution in [1.82, 2.24) is 10.2 Å². The van der Waals surface area contributed by atoms with E-state index in [0.29, 0.717) is 18.0 Å². The molecule has 1 fully saturated rings. The van der Waals surface area contributed by atoms with E-state index in [2.05, 4.69) is 17.3 Å². The van der Waals surface area contributed by atoms with Crippen LogP contribution < -0.4 is 5.32 Å². The van der Waals surface area contributed by atoms with Gasteiger partial charge in [-0.2, -0.15) is 0 Å². The number of nitrogens with zero attached hydrogens (tertiary/aromatic N) is 1. The van der Waals surface area contributed by atoms with Crippen molar-refractivity contribution < 1.29 is 8.78 Å². The Morgan fingerprint density at radius 2 is 2.22 bits per heavy atom. The second kappa shape index (κ2) is 6.25. The first kappa shape index (κ1) is 13.4. The third kappa shape index (κ3) is 3.50. The van der Waals surface area contributed by atoms with Crippen LogP contribution >= 0.6 is 0 Å². The Hall–Kier alpha value is -1.00. The van der Waals surface area contributed by atoms with Crippen molar-refractivity contribution in [3.8, 4) is 0 Å². The van der Waals surface area contributed by atoms with Crippen molar-refractivity contribution in [2.75, 3.05) is 26.7 Å². The van der Waals surface area contributed by atoms with Crippen LogP contribution in [0.3, 0.4) is 0 Å². The molecule has 1 saturated heterocycles. The van der Waals surface area contributed by atoms with E-state index in [1.54, 1.807) is 12.1 Å². The summed E-state index contributed by atoms with van der Waals surface area (Å²) in [4.78, 5) is 2.32. The van der Waals surface area contributed by atoms with E-state index in [1.807, 2.05) is 0 Å². The summed E-state index contributed by atoms with van der Waals surface area (Å²) in [5.41, 5.74) is 0.402. The highest BCUT2D eigenvalue weighted by molar-refractivity contribution is 5.18. The summed E-state index contributed by atoms with van der Waals surface area (Å²) in [6, 6.07) is 4.32. The second-order valence-corrected chi connectivity index (χ2v) is 5.11. The zero-order valence-electron chi connectivity index (χ0n) is 10.8. The van der Waals surface area contributed by atoms with Gasteiger partial charge in [0, 0.05) is 18.7 Å². The van der Waals surface area contributed by atoms with Crippen molar-refractivity contribution in [1.29, 1.82) is 0 Å². The van der Waals surface area contributed by atoms with Crippen LogP contribution in [0.25, 0.3) is 0 Å². The van der Waals surface area contributed by atoms with Gasteiger partial charge in [0.25, 0.3) is 0 Å². The maximum atomic E-state index is 13.4. The number of nitrogens with one attached hydrogen (secondary N) is 1. The number of rotatable bonds is 4. The lowest BCUT2D eigenvalue weighted by molar-refractivity contribution is 0.206. The van der Waals surface area contributed by atoms with Crippen molar-refractivity contribution in [3.63, 3.8) is 0 Å².